The fourth-order valence-electron chi connectivity index (χ4n) is 1.83. The highest BCUT2D eigenvalue weighted by molar-refractivity contribution is 9.10. The predicted octanol–water partition coefficient (Wildman–Crippen LogP) is 4.75. The van der Waals surface area contributed by atoms with E-state index in [0.29, 0.717) is 20.6 Å². The molecule has 0 aliphatic rings. The minimum Gasteiger partial charge on any atom is -0.322 e. The highest BCUT2D eigenvalue weighted by atomic mass is 79.9. The quantitative estimate of drug-likeness (QED) is 0.749. The number of thiol groups is 1. The Labute approximate surface area is 130 Å². The predicted molar refractivity (Wildman–Crippen MR) is 85.2 cm³/mol. The second-order valence-electron chi connectivity index (χ2n) is 4.53. The zero-order valence-corrected chi connectivity index (χ0v) is 13.5. The Kier molecular flexibility index (Phi) is 4.50. The van der Waals surface area contributed by atoms with Crippen molar-refractivity contribution in [2.75, 3.05) is 5.32 Å². The van der Waals surface area contributed by atoms with Gasteiger partial charge in [-0.1, -0.05) is 6.07 Å². The lowest BCUT2D eigenvalue weighted by molar-refractivity contribution is 0.102. The molecule has 0 unspecified atom stereocenters. The highest BCUT2D eigenvalue weighted by Crippen LogP contribution is 2.25. The summed E-state index contributed by atoms with van der Waals surface area (Å²) in [5.74, 6) is -0.686. The van der Waals surface area contributed by atoms with Crippen LogP contribution in [-0.2, 0) is 0 Å². The van der Waals surface area contributed by atoms with Gasteiger partial charge >= 0.3 is 0 Å². The van der Waals surface area contributed by atoms with E-state index in [2.05, 4.69) is 33.9 Å². The molecule has 2 aromatic rings. The number of carbonyl (C=O) groups excluding carboxylic acids is 1. The summed E-state index contributed by atoms with van der Waals surface area (Å²) in [5, 5.41) is 2.73. The molecule has 0 radical (unpaired) electrons. The molecule has 2 nitrogen and oxygen atoms in total. The number of halogens is 2. The van der Waals surface area contributed by atoms with Crippen LogP contribution in [0.2, 0.25) is 0 Å². The van der Waals surface area contributed by atoms with Crippen molar-refractivity contribution in [2.45, 2.75) is 18.7 Å². The molecule has 1 amide bonds. The first-order valence-corrected chi connectivity index (χ1v) is 7.19. The Bertz CT molecular complexity index is 688. The van der Waals surface area contributed by atoms with Gasteiger partial charge in [-0.05, 0) is 65.2 Å². The van der Waals surface area contributed by atoms with Crippen LogP contribution in [0.1, 0.15) is 21.5 Å². The van der Waals surface area contributed by atoms with Crippen molar-refractivity contribution in [3.8, 4) is 0 Å². The topological polar surface area (TPSA) is 29.1 Å². The van der Waals surface area contributed by atoms with E-state index in [1.165, 1.54) is 6.07 Å². The maximum Gasteiger partial charge on any atom is 0.255 e. The maximum absolute atomic E-state index is 13.5. The van der Waals surface area contributed by atoms with E-state index < -0.39 is 5.82 Å². The van der Waals surface area contributed by atoms with Gasteiger partial charge in [0, 0.05) is 16.1 Å². The summed E-state index contributed by atoms with van der Waals surface area (Å²) in [6, 6.07) is 8.27. The number of amides is 1. The summed E-state index contributed by atoms with van der Waals surface area (Å²) in [4.78, 5) is 13.0. The maximum atomic E-state index is 13.5. The van der Waals surface area contributed by atoms with E-state index in [1.807, 2.05) is 26.0 Å². The Morgan fingerprint density at radius 3 is 2.60 bits per heavy atom. The Hall–Kier alpha value is -1.33. The summed E-state index contributed by atoms with van der Waals surface area (Å²) in [6.07, 6.45) is 0. The van der Waals surface area contributed by atoms with Crippen molar-refractivity contribution in [1.82, 2.24) is 0 Å². The average Bonchev–Trinajstić information content (AvgIpc) is 2.38. The second kappa shape index (κ2) is 5.97. The summed E-state index contributed by atoms with van der Waals surface area (Å²) < 4.78 is 13.9. The van der Waals surface area contributed by atoms with Gasteiger partial charge in [0.05, 0.1) is 4.47 Å². The molecule has 0 aliphatic heterocycles. The van der Waals surface area contributed by atoms with Gasteiger partial charge in [-0.25, -0.2) is 4.39 Å². The molecule has 104 valence electrons. The molecule has 2 rings (SSSR count). The molecular weight excluding hydrogens is 341 g/mol. The normalized spacial score (nSPS) is 10.4. The Morgan fingerprint density at radius 1 is 1.20 bits per heavy atom. The first-order valence-electron chi connectivity index (χ1n) is 5.95. The fourth-order valence-corrected chi connectivity index (χ4v) is 2.49. The van der Waals surface area contributed by atoms with E-state index in [-0.39, 0.29) is 5.91 Å². The van der Waals surface area contributed by atoms with Crippen LogP contribution in [0.3, 0.4) is 0 Å². The van der Waals surface area contributed by atoms with E-state index in [9.17, 15) is 9.18 Å². The van der Waals surface area contributed by atoms with Gasteiger partial charge < -0.3 is 5.32 Å². The molecule has 5 heteroatoms. The number of hydrogen-bond acceptors (Lipinski definition) is 2. The molecule has 1 N–H and O–H groups in total. The molecular formula is C15H13BrFNOS. The van der Waals surface area contributed by atoms with Crippen molar-refractivity contribution in [3.05, 3.63) is 57.3 Å². The minimum atomic E-state index is -0.412. The molecule has 0 bridgehead atoms. The number of nitrogens with one attached hydrogen (secondary N) is 1. The fraction of sp³-hybridized carbons (Fsp3) is 0.133. The summed E-state index contributed by atoms with van der Waals surface area (Å²) in [5.41, 5.74) is 2.61. The van der Waals surface area contributed by atoms with Crippen molar-refractivity contribution >= 4 is 40.2 Å². The lowest BCUT2D eigenvalue weighted by Crippen LogP contribution is -2.14. The monoisotopic (exact) mass is 353 g/mol. The number of aryl methyl sites for hydroxylation is 2. The van der Waals surface area contributed by atoms with Crippen molar-refractivity contribution in [3.63, 3.8) is 0 Å². The van der Waals surface area contributed by atoms with E-state index in [1.54, 1.807) is 12.1 Å². The summed E-state index contributed by atoms with van der Waals surface area (Å²) in [7, 11) is 0. The molecule has 0 fully saturated rings. The van der Waals surface area contributed by atoms with Crippen LogP contribution >= 0.6 is 28.6 Å². The molecule has 0 saturated carbocycles. The zero-order chi connectivity index (χ0) is 14.9. The van der Waals surface area contributed by atoms with Crippen LogP contribution in [0.5, 0.6) is 0 Å². The van der Waals surface area contributed by atoms with Crippen LogP contribution in [0.4, 0.5) is 10.1 Å². The smallest absolute Gasteiger partial charge is 0.255 e. The van der Waals surface area contributed by atoms with Crippen molar-refractivity contribution in [2.24, 2.45) is 0 Å². The van der Waals surface area contributed by atoms with Crippen LogP contribution in [0.15, 0.2) is 39.7 Å². The number of hydrogen-bond donors (Lipinski definition) is 2. The summed E-state index contributed by atoms with van der Waals surface area (Å²) in [6.45, 7) is 3.65. The van der Waals surface area contributed by atoms with Crippen LogP contribution in [-0.4, -0.2) is 5.91 Å². The third-order valence-corrected chi connectivity index (χ3v) is 3.87. The van der Waals surface area contributed by atoms with Gasteiger partial charge in [-0.15, -0.1) is 12.6 Å². The van der Waals surface area contributed by atoms with Crippen LogP contribution in [0.25, 0.3) is 0 Å². The SMILES string of the molecule is Cc1cc(Br)c(F)cc1NC(=O)c1cc(S)ccc1C. The highest BCUT2D eigenvalue weighted by Gasteiger charge is 2.12. The van der Waals surface area contributed by atoms with Crippen LogP contribution < -0.4 is 5.32 Å². The molecule has 2 aromatic carbocycles. The average molecular weight is 354 g/mol. The van der Waals surface area contributed by atoms with Gasteiger partial charge in [0.15, 0.2) is 0 Å². The van der Waals surface area contributed by atoms with Gasteiger partial charge in [-0.2, -0.15) is 0 Å². The van der Waals surface area contributed by atoms with E-state index in [4.69, 9.17) is 0 Å². The number of benzene rings is 2. The molecule has 0 aliphatic carbocycles. The zero-order valence-electron chi connectivity index (χ0n) is 11.0. The largest absolute Gasteiger partial charge is 0.322 e. The third-order valence-electron chi connectivity index (χ3n) is 2.98. The summed E-state index contributed by atoms with van der Waals surface area (Å²) >= 11 is 7.34. The number of carbonyl (C=O) groups is 1. The first kappa shape index (κ1) is 15.1. The molecule has 20 heavy (non-hydrogen) atoms. The number of anilines is 1. The van der Waals surface area contributed by atoms with Crippen molar-refractivity contribution < 1.29 is 9.18 Å². The Balaban J connectivity index is 2.32. The first-order chi connectivity index (χ1) is 9.38. The standard InChI is InChI=1S/C15H13BrFNOS/c1-8-3-4-10(20)6-11(8)15(19)18-14-7-13(17)12(16)5-9(14)2/h3-7,20H,1-2H3,(H,18,19). The molecule has 0 saturated heterocycles. The lowest BCUT2D eigenvalue weighted by atomic mass is 10.1. The minimum absolute atomic E-state index is 0.275. The third kappa shape index (κ3) is 3.22. The molecule has 0 atom stereocenters. The molecule has 0 spiro atoms. The molecule has 0 aromatic heterocycles. The van der Waals surface area contributed by atoms with Gasteiger partial charge in [0.2, 0.25) is 0 Å². The lowest BCUT2D eigenvalue weighted by Gasteiger charge is -2.11. The Morgan fingerprint density at radius 2 is 1.90 bits per heavy atom. The van der Waals surface area contributed by atoms with Gasteiger partial charge in [-0.3, -0.25) is 4.79 Å². The van der Waals surface area contributed by atoms with Crippen molar-refractivity contribution in [1.29, 1.82) is 0 Å². The number of rotatable bonds is 2. The van der Waals surface area contributed by atoms with Gasteiger partial charge in [0.1, 0.15) is 5.82 Å². The molecule has 0 heterocycles. The van der Waals surface area contributed by atoms with Gasteiger partial charge in [0.25, 0.3) is 5.91 Å². The van der Waals surface area contributed by atoms with E-state index >= 15 is 0 Å². The van der Waals surface area contributed by atoms with E-state index in [0.717, 1.165) is 11.1 Å². The van der Waals surface area contributed by atoms with Crippen LogP contribution in [0, 0.1) is 19.7 Å². The second-order valence-corrected chi connectivity index (χ2v) is 5.91.